The van der Waals surface area contributed by atoms with E-state index >= 15 is 0 Å². The van der Waals surface area contributed by atoms with Crippen LogP contribution in [0.25, 0.3) is 0 Å². The molecule has 5 nitrogen and oxygen atoms in total. The number of aliphatic hydroxyl groups excluding tert-OH is 3. The van der Waals surface area contributed by atoms with E-state index in [0.29, 0.717) is 6.61 Å². The molecule has 5 heteroatoms. The Morgan fingerprint density at radius 1 is 1.08 bits per heavy atom. The van der Waals surface area contributed by atoms with Crippen LogP contribution in [0.5, 0.6) is 0 Å². The van der Waals surface area contributed by atoms with E-state index in [1.54, 1.807) is 0 Å². The SMILES string of the molecule is C1CO1.OCC(CO)(CO)C1CO1. The predicted molar refractivity (Wildman–Crippen MR) is 44.2 cm³/mol. The van der Waals surface area contributed by atoms with E-state index in [2.05, 4.69) is 4.74 Å². The maximum absolute atomic E-state index is 8.79. The Hall–Kier alpha value is -0.200. The molecular weight excluding hydrogens is 176 g/mol. The van der Waals surface area contributed by atoms with E-state index in [0.717, 1.165) is 13.2 Å². The van der Waals surface area contributed by atoms with Gasteiger partial charge in [0.25, 0.3) is 0 Å². The van der Waals surface area contributed by atoms with Gasteiger partial charge in [-0.2, -0.15) is 0 Å². The molecule has 13 heavy (non-hydrogen) atoms. The molecule has 2 heterocycles. The average Bonchev–Trinajstić information content (AvgIpc) is 3.01. The van der Waals surface area contributed by atoms with Gasteiger partial charge in [-0.25, -0.2) is 0 Å². The Morgan fingerprint density at radius 3 is 1.54 bits per heavy atom. The summed E-state index contributed by atoms with van der Waals surface area (Å²) in [6, 6.07) is 0. The standard InChI is InChI=1S/C6H12O4.C2H4O/c7-2-6(3-8,4-9)5-1-10-5;1-2-3-1/h5,7-9H,1-4H2;1-2H2. The van der Waals surface area contributed by atoms with E-state index in [1.807, 2.05) is 0 Å². The van der Waals surface area contributed by atoms with Gasteiger partial charge in [-0.15, -0.1) is 0 Å². The molecule has 2 aliphatic heterocycles. The van der Waals surface area contributed by atoms with Crippen molar-refractivity contribution in [2.24, 2.45) is 5.41 Å². The molecule has 2 rings (SSSR count). The van der Waals surface area contributed by atoms with Gasteiger partial charge in [-0.05, 0) is 0 Å². The highest BCUT2D eigenvalue weighted by Crippen LogP contribution is 2.31. The van der Waals surface area contributed by atoms with E-state index in [-0.39, 0.29) is 25.9 Å². The molecule has 0 aliphatic carbocycles. The Kier molecular flexibility index (Phi) is 4.08. The van der Waals surface area contributed by atoms with E-state index in [1.165, 1.54) is 0 Å². The van der Waals surface area contributed by atoms with Crippen LogP contribution in [0.2, 0.25) is 0 Å². The largest absolute Gasteiger partial charge is 0.396 e. The Bertz CT molecular complexity index is 128. The van der Waals surface area contributed by atoms with Crippen LogP contribution >= 0.6 is 0 Å². The van der Waals surface area contributed by atoms with Crippen LogP contribution in [0, 0.1) is 5.41 Å². The van der Waals surface area contributed by atoms with Crippen LogP contribution in [0.4, 0.5) is 0 Å². The molecule has 0 spiro atoms. The zero-order valence-electron chi connectivity index (χ0n) is 7.48. The molecule has 2 fully saturated rings. The summed E-state index contributed by atoms with van der Waals surface area (Å²) in [5.74, 6) is 0. The molecule has 0 aromatic carbocycles. The van der Waals surface area contributed by atoms with Gasteiger partial charge < -0.3 is 24.8 Å². The number of rotatable bonds is 4. The number of ether oxygens (including phenoxy) is 2. The van der Waals surface area contributed by atoms with Gasteiger partial charge in [0.1, 0.15) is 0 Å². The first-order valence-electron chi connectivity index (χ1n) is 4.31. The third-order valence-corrected chi connectivity index (χ3v) is 2.17. The van der Waals surface area contributed by atoms with Crippen LogP contribution in [0.15, 0.2) is 0 Å². The van der Waals surface area contributed by atoms with Crippen molar-refractivity contribution < 1.29 is 24.8 Å². The lowest BCUT2D eigenvalue weighted by Crippen LogP contribution is -2.39. The molecule has 3 N–H and O–H groups in total. The lowest BCUT2D eigenvalue weighted by atomic mass is 9.88. The molecule has 0 aromatic heterocycles. The fraction of sp³-hybridized carbons (Fsp3) is 1.00. The second-order valence-electron chi connectivity index (χ2n) is 3.27. The van der Waals surface area contributed by atoms with Crippen molar-refractivity contribution in [3.8, 4) is 0 Å². The van der Waals surface area contributed by atoms with E-state index in [4.69, 9.17) is 20.1 Å². The normalized spacial score (nSPS) is 24.7. The summed E-state index contributed by atoms with van der Waals surface area (Å²) in [6.45, 7) is 1.84. The first-order valence-corrected chi connectivity index (χ1v) is 4.31. The summed E-state index contributed by atoms with van der Waals surface area (Å²) in [6.07, 6.45) is -0.160. The van der Waals surface area contributed by atoms with Crippen molar-refractivity contribution in [1.82, 2.24) is 0 Å². The summed E-state index contributed by atoms with van der Waals surface area (Å²) < 4.78 is 9.37. The third kappa shape index (κ3) is 3.21. The van der Waals surface area contributed by atoms with Crippen molar-refractivity contribution in [3.05, 3.63) is 0 Å². The number of aliphatic hydroxyl groups is 3. The Labute approximate surface area is 76.9 Å². The quantitative estimate of drug-likeness (QED) is 0.465. The fourth-order valence-corrected chi connectivity index (χ4v) is 0.857. The van der Waals surface area contributed by atoms with Crippen LogP contribution in [0.3, 0.4) is 0 Å². The lowest BCUT2D eigenvalue weighted by molar-refractivity contribution is -0.0141. The molecule has 78 valence electrons. The number of hydrogen-bond acceptors (Lipinski definition) is 5. The Morgan fingerprint density at radius 2 is 1.46 bits per heavy atom. The van der Waals surface area contributed by atoms with E-state index < -0.39 is 5.41 Å². The average molecular weight is 192 g/mol. The molecule has 0 amide bonds. The molecular formula is C8H16O5. The van der Waals surface area contributed by atoms with Crippen molar-refractivity contribution >= 4 is 0 Å². The summed E-state index contributed by atoms with van der Waals surface area (Å²) in [5.41, 5.74) is -0.819. The molecule has 2 saturated heterocycles. The van der Waals surface area contributed by atoms with Crippen LogP contribution in [0.1, 0.15) is 0 Å². The predicted octanol–water partition coefficient (Wildman–Crippen LogP) is -1.63. The first-order chi connectivity index (χ1) is 6.29. The monoisotopic (exact) mass is 192 g/mol. The molecule has 1 atom stereocenters. The topological polar surface area (TPSA) is 85.8 Å². The second kappa shape index (κ2) is 4.88. The van der Waals surface area contributed by atoms with Gasteiger partial charge in [0.15, 0.2) is 0 Å². The van der Waals surface area contributed by atoms with Crippen LogP contribution in [-0.2, 0) is 9.47 Å². The van der Waals surface area contributed by atoms with Crippen molar-refractivity contribution in [2.75, 3.05) is 39.6 Å². The first kappa shape index (κ1) is 10.9. The summed E-state index contributed by atoms with van der Waals surface area (Å²) in [5, 5.41) is 26.4. The van der Waals surface area contributed by atoms with Gasteiger partial charge >= 0.3 is 0 Å². The molecule has 1 unspecified atom stereocenters. The van der Waals surface area contributed by atoms with Crippen molar-refractivity contribution in [3.63, 3.8) is 0 Å². The minimum Gasteiger partial charge on any atom is -0.396 e. The summed E-state index contributed by atoms with van der Waals surface area (Å²) in [4.78, 5) is 0. The van der Waals surface area contributed by atoms with Gasteiger partial charge in [0, 0.05) is 0 Å². The van der Waals surface area contributed by atoms with Crippen molar-refractivity contribution in [1.29, 1.82) is 0 Å². The minimum absolute atomic E-state index is 0.160. The highest BCUT2D eigenvalue weighted by atomic mass is 16.6. The number of hydrogen-bond donors (Lipinski definition) is 3. The molecule has 2 aliphatic rings. The zero-order chi connectivity index (χ0) is 9.73. The maximum Gasteiger partial charge on any atom is 0.0932 e. The maximum atomic E-state index is 8.79. The van der Waals surface area contributed by atoms with Gasteiger partial charge in [-0.1, -0.05) is 0 Å². The summed E-state index contributed by atoms with van der Waals surface area (Å²) in [7, 11) is 0. The lowest BCUT2D eigenvalue weighted by Gasteiger charge is -2.24. The van der Waals surface area contributed by atoms with Gasteiger partial charge in [0.2, 0.25) is 0 Å². The molecule has 0 radical (unpaired) electrons. The molecule has 0 saturated carbocycles. The second-order valence-corrected chi connectivity index (χ2v) is 3.27. The minimum atomic E-state index is -0.819. The third-order valence-electron chi connectivity index (χ3n) is 2.17. The highest BCUT2D eigenvalue weighted by molar-refractivity contribution is 4.92. The Balaban J connectivity index is 0.000000236. The molecule has 0 aromatic rings. The number of epoxide rings is 2. The van der Waals surface area contributed by atoms with Crippen molar-refractivity contribution in [2.45, 2.75) is 6.10 Å². The summed E-state index contributed by atoms with van der Waals surface area (Å²) >= 11 is 0. The smallest absolute Gasteiger partial charge is 0.0932 e. The van der Waals surface area contributed by atoms with Gasteiger partial charge in [-0.3, -0.25) is 0 Å². The van der Waals surface area contributed by atoms with Crippen LogP contribution in [-0.4, -0.2) is 61.1 Å². The molecule has 0 bridgehead atoms. The zero-order valence-corrected chi connectivity index (χ0v) is 7.48. The van der Waals surface area contributed by atoms with E-state index in [9.17, 15) is 0 Å². The highest BCUT2D eigenvalue weighted by Gasteiger charge is 2.45. The fourth-order valence-electron chi connectivity index (χ4n) is 0.857. The van der Waals surface area contributed by atoms with Gasteiger partial charge in [0.05, 0.1) is 51.2 Å². The van der Waals surface area contributed by atoms with Crippen LogP contribution < -0.4 is 0 Å².